The zero-order valence-corrected chi connectivity index (χ0v) is 15.1. The summed E-state index contributed by atoms with van der Waals surface area (Å²) in [5.41, 5.74) is 3.07. The molecule has 0 unspecified atom stereocenters. The van der Waals surface area contributed by atoms with Gasteiger partial charge in [-0.05, 0) is 36.1 Å². The van der Waals surface area contributed by atoms with Gasteiger partial charge in [-0.25, -0.2) is 9.38 Å². The Morgan fingerprint density at radius 1 is 1.15 bits per heavy atom. The van der Waals surface area contributed by atoms with Gasteiger partial charge in [0.15, 0.2) is 4.96 Å². The summed E-state index contributed by atoms with van der Waals surface area (Å²) in [5, 5.41) is 2.10. The second-order valence-corrected chi connectivity index (χ2v) is 7.52. The minimum Gasteiger partial charge on any atom is -0.267 e. The van der Waals surface area contributed by atoms with Gasteiger partial charge in [0.25, 0.3) is 5.56 Å². The molecule has 1 aliphatic carbocycles. The molecule has 5 nitrogen and oxygen atoms in total. The summed E-state index contributed by atoms with van der Waals surface area (Å²) in [6.07, 6.45) is 6.27. The quantitative estimate of drug-likeness (QED) is 0.536. The molecule has 4 aromatic heterocycles. The lowest BCUT2D eigenvalue weighted by molar-refractivity contribution is 0.937. The number of hydrogen-bond acceptors (Lipinski definition) is 5. The predicted molar refractivity (Wildman–Crippen MR) is 102 cm³/mol. The fourth-order valence-corrected chi connectivity index (χ4v) is 4.49. The van der Waals surface area contributed by atoms with E-state index in [9.17, 15) is 4.79 Å². The number of hydrogen-bond donors (Lipinski definition) is 0. The zero-order valence-electron chi connectivity index (χ0n) is 13.5. The molecular formula is C19H13ClN4OS. The summed E-state index contributed by atoms with van der Waals surface area (Å²) in [6.45, 7) is 0. The van der Waals surface area contributed by atoms with Crippen molar-refractivity contribution in [3.05, 3.63) is 80.9 Å². The number of fused-ring (bicyclic) bond motifs is 1. The number of rotatable bonds is 3. The molecule has 0 amide bonds. The maximum atomic E-state index is 12.9. The Morgan fingerprint density at radius 2 is 2.08 bits per heavy atom. The molecule has 7 heteroatoms. The molecule has 0 spiro atoms. The third kappa shape index (κ3) is 2.45. The molecule has 128 valence electrons. The number of thiazole rings is 1. The standard InChI is InChI=1S/C19H13ClN4OS/c20-16-17(13-8-12(13)11-4-3-6-21-9-11)23-19-24(18(16)25)15(10-26-19)14-5-1-2-7-22-14/h1-7,9-10,12-13H,8H2/t12-,13+/m0/s1. The molecular weight excluding hydrogens is 368 g/mol. The van der Waals surface area contributed by atoms with E-state index >= 15 is 0 Å². The van der Waals surface area contributed by atoms with Crippen molar-refractivity contribution in [3.8, 4) is 11.4 Å². The van der Waals surface area contributed by atoms with Crippen LogP contribution in [0.25, 0.3) is 16.3 Å². The van der Waals surface area contributed by atoms with Crippen LogP contribution < -0.4 is 5.56 Å². The van der Waals surface area contributed by atoms with Gasteiger partial charge in [0.1, 0.15) is 5.02 Å². The maximum Gasteiger partial charge on any atom is 0.278 e. The molecule has 0 aliphatic heterocycles. The summed E-state index contributed by atoms with van der Waals surface area (Å²) in [7, 11) is 0. The Hall–Kier alpha value is -2.57. The average molecular weight is 381 g/mol. The lowest BCUT2D eigenvalue weighted by Crippen LogP contribution is -2.17. The van der Waals surface area contributed by atoms with Crippen LogP contribution >= 0.6 is 22.9 Å². The zero-order chi connectivity index (χ0) is 17.7. The molecule has 0 N–H and O–H groups in total. The van der Waals surface area contributed by atoms with Crippen LogP contribution in [0, 0.1) is 0 Å². The van der Waals surface area contributed by atoms with Gasteiger partial charge in [0.2, 0.25) is 0 Å². The highest BCUT2D eigenvalue weighted by Gasteiger charge is 2.43. The molecule has 0 aromatic carbocycles. The smallest absolute Gasteiger partial charge is 0.267 e. The van der Waals surface area contributed by atoms with Crippen molar-refractivity contribution < 1.29 is 0 Å². The van der Waals surface area contributed by atoms with E-state index in [-0.39, 0.29) is 16.5 Å². The largest absolute Gasteiger partial charge is 0.278 e. The predicted octanol–water partition coefficient (Wildman–Crippen LogP) is 4.14. The van der Waals surface area contributed by atoms with Crippen molar-refractivity contribution in [2.75, 3.05) is 0 Å². The van der Waals surface area contributed by atoms with Gasteiger partial charge in [-0.2, -0.15) is 0 Å². The van der Waals surface area contributed by atoms with Gasteiger partial charge in [-0.1, -0.05) is 23.7 Å². The van der Waals surface area contributed by atoms with Crippen molar-refractivity contribution in [1.29, 1.82) is 0 Å². The Bertz CT molecular complexity index is 1160. The van der Waals surface area contributed by atoms with Gasteiger partial charge >= 0.3 is 0 Å². The van der Waals surface area contributed by atoms with Gasteiger partial charge in [-0.3, -0.25) is 14.8 Å². The molecule has 1 aliphatic rings. The van der Waals surface area contributed by atoms with Gasteiger partial charge in [0, 0.05) is 29.9 Å². The molecule has 0 saturated heterocycles. The molecule has 26 heavy (non-hydrogen) atoms. The molecule has 4 aromatic rings. The van der Waals surface area contributed by atoms with Crippen molar-refractivity contribution in [2.24, 2.45) is 0 Å². The Kier molecular flexibility index (Phi) is 3.62. The maximum absolute atomic E-state index is 12.9. The van der Waals surface area contributed by atoms with Crippen LogP contribution in [0.1, 0.15) is 29.5 Å². The van der Waals surface area contributed by atoms with E-state index in [4.69, 9.17) is 16.6 Å². The number of halogens is 1. The summed E-state index contributed by atoms with van der Waals surface area (Å²) < 4.78 is 1.56. The van der Waals surface area contributed by atoms with Crippen LogP contribution in [-0.4, -0.2) is 19.4 Å². The van der Waals surface area contributed by atoms with E-state index in [0.717, 1.165) is 23.4 Å². The third-order valence-electron chi connectivity index (χ3n) is 4.72. The first-order valence-corrected chi connectivity index (χ1v) is 9.51. The second kappa shape index (κ2) is 6.00. The molecule has 4 heterocycles. The molecule has 2 atom stereocenters. The van der Waals surface area contributed by atoms with Crippen LogP contribution in [0.15, 0.2) is 59.1 Å². The number of nitrogens with zero attached hydrogens (tertiary/aromatic N) is 4. The fourth-order valence-electron chi connectivity index (χ4n) is 3.35. The highest BCUT2D eigenvalue weighted by molar-refractivity contribution is 7.15. The highest BCUT2D eigenvalue weighted by Crippen LogP contribution is 2.55. The van der Waals surface area contributed by atoms with Crippen molar-refractivity contribution in [2.45, 2.75) is 18.3 Å². The van der Waals surface area contributed by atoms with Crippen molar-refractivity contribution in [1.82, 2.24) is 19.4 Å². The number of aromatic nitrogens is 4. The van der Waals surface area contributed by atoms with Gasteiger partial charge in [-0.15, -0.1) is 11.3 Å². The van der Waals surface area contributed by atoms with Crippen LogP contribution in [-0.2, 0) is 0 Å². The molecule has 0 radical (unpaired) electrons. The van der Waals surface area contributed by atoms with Crippen molar-refractivity contribution in [3.63, 3.8) is 0 Å². The first kappa shape index (κ1) is 15.7. The minimum absolute atomic E-state index is 0.171. The lowest BCUT2D eigenvalue weighted by atomic mass is 10.1. The lowest BCUT2D eigenvalue weighted by Gasteiger charge is -2.06. The summed E-state index contributed by atoms with van der Waals surface area (Å²) in [5.74, 6) is 0.496. The van der Waals surface area contributed by atoms with E-state index in [2.05, 4.69) is 16.0 Å². The van der Waals surface area contributed by atoms with Gasteiger partial charge < -0.3 is 0 Å². The van der Waals surface area contributed by atoms with E-state index in [1.807, 2.05) is 35.8 Å². The van der Waals surface area contributed by atoms with Crippen molar-refractivity contribution >= 4 is 27.9 Å². The molecule has 1 saturated carbocycles. The molecule has 1 fully saturated rings. The third-order valence-corrected chi connectivity index (χ3v) is 5.90. The van der Waals surface area contributed by atoms with Crippen LogP contribution in [0.2, 0.25) is 5.02 Å². The molecule has 0 bridgehead atoms. The van der Waals surface area contributed by atoms with Crippen LogP contribution in [0.5, 0.6) is 0 Å². The Morgan fingerprint density at radius 3 is 2.85 bits per heavy atom. The van der Waals surface area contributed by atoms with Crippen LogP contribution in [0.4, 0.5) is 0 Å². The Balaban J connectivity index is 1.60. The fraction of sp³-hybridized carbons (Fsp3) is 0.158. The molecule has 5 rings (SSSR count). The van der Waals surface area contributed by atoms with Gasteiger partial charge in [0.05, 0.1) is 17.1 Å². The summed E-state index contributed by atoms with van der Waals surface area (Å²) in [6, 6.07) is 9.59. The van der Waals surface area contributed by atoms with Crippen LogP contribution in [0.3, 0.4) is 0 Å². The van der Waals surface area contributed by atoms with E-state index in [1.165, 1.54) is 11.3 Å². The SMILES string of the molecule is O=c1c(Cl)c([C@@H]2C[C@H]2c2cccnc2)nc2scc(-c3ccccn3)n12. The second-order valence-electron chi connectivity index (χ2n) is 6.31. The summed E-state index contributed by atoms with van der Waals surface area (Å²) >= 11 is 7.88. The normalized spacial score (nSPS) is 19.0. The average Bonchev–Trinajstić information content (AvgIpc) is 3.37. The van der Waals surface area contributed by atoms with E-state index in [1.54, 1.807) is 16.8 Å². The minimum atomic E-state index is -0.231. The number of pyridine rings is 2. The van der Waals surface area contributed by atoms with E-state index < -0.39 is 0 Å². The van der Waals surface area contributed by atoms with E-state index in [0.29, 0.717) is 16.6 Å². The Labute approximate surface area is 158 Å². The topological polar surface area (TPSA) is 60.2 Å². The first-order chi connectivity index (χ1) is 12.7. The monoisotopic (exact) mass is 380 g/mol. The first-order valence-electron chi connectivity index (χ1n) is 8.25. The highest BCUT2D eigenvalue weighted by atomic mass is 35.5. The summed E-state index contributed by atoms with van der Waals surface area (Å²) in [4.78, 5) is 26.8.